The molecule has 0 radical (unpaired) electrons. The lowest BCUT2D eigenvalue weighted by Crippen LogP contribution is -2.34. The number of nitrogens with zero attached hydrogens (tertiary/aromatic N) is 4. The maximum absolute atomic E-state index is 12.8. The van der Waals surface area contributed by atoms with Crippen LogP contribution in [0.3, 0.4) is 0 Å². The molecule has 154 valence electrons. The van der Waals surface area contributed by atoms with Gasteiger partial charge in [-0.1, -0.05) is 42.5 Å². The number of amides is 1. The summed E-state index contributed by atoms with van der Waals surface area (Å²) in [7, 11) is 0. The third-order valence-electron chi connectivity index (χ3n) is 4.45. The summed E-state index contributed by atoms with van der Waals surface area (Å²) in [6.45, 7) is 2.87. The van der Waals surface area contributed by atoms with Crippen molar-refractivity contribution >= 4 is 23.3 Å². The summed E-state index contributed by atoms with van der Waals surface area (Å²) >= 11 is 0. The zero-order valence-corrected chi connectivity index (χ0v) is 16.6. The predicted molar refractivity (Wildman–Crippen MR) is 108 cm³/mol. The number of hydrogen-bond acceptors (Lipinski definition) is 7. The van der Waals surface area contributed by atoms with E-state index in [1.807, 2.05) is 30.3 Å². The Balaban J connectivity index is 1.70. The van der Waals surface area contributed by atoms with Gasteiger partial charge in [0.25, 0.3) is 5.91 Å². The summed E-state index contributed by atoms with van der Waals surface area (Å²) in [6.07, 6.45) is 0.529. The maximum Gasteiger partial charge on any atom is 0.332 e. The van der Waals surface area contributed by atoms with E-state index in [1.165, 1.54) is 24.9 Å². The van der Waals surface area contributed by atoms with Crippen LogP contribution < -0.4 is 5.32 Å². The number of aromatic nitrogens is 4. The summed E-state index contributed by atoms with van der Waals surface area (Å²) in [4.78, 5) is 37.1. The first-order chi connectivity index (χ1) is 14.5. The van der Waals surface area contributed by atoms with Gasteiger partial charge < -0.3 is 10.1 Å². The number of tetrazole rings is 1. The number of anilines is 1. The number of esters is 1. The molecule has 3 rings (SSSR count). The van der Waals surface area contributed by atoms with Crippen molar-refractivity contribution < 1.29 is 19.1 Å². The van der Waals surface area contributed by atoms with Crippen molar-refractivity contribution in [3.63, 3.8) is 0 Å². The van der Waals surface area contributed by atoms with E-state index in [4.69, 9.17) is 4.74 Å². The van der Waals surface area contributed by atoms with E-state index in [9.17, 15) is 14.4 Å². The summed E-state index contributed by atoms with van der Waals surface area (Å²) < 4.78 is 6.69. The van der Waals surface area contributed by atoms with Crippen LogP contribution in [0.15, 0.2) is 60.9 Å². The van der Waals surface area contributed by atoms with Crippen molar-refractivity contribution in [1.82, 2.24) is 20.2 Å². The van der Waals surface area contributed by atoms with Crippen LogP contribution in [0.1, 0.15) is 35.8 Å². The van der Waals surface area contributed by atoms with Gasteiger partial charge in [0.1, 0.15) is 6.33 Å². The molecular weight excluding hydrogens is 386 g/mol. The van der Waals surface area contributed by atoms with E-state index in [1.54, 1.807) is 24.3 Å². The Bertz CT molecular complexity index is 1020. The quantitative estimate of drug-likeness (QED) is 0.449. The molecule has 1 N–H and O–H groups in total. The third kappa shape index (κ3) is 5.13. The van der Waals surface area contributed by atoms with Crippen molar-refractivity contribution in [3.05, 3.63) is 72.1 Å². The van der Waals surface area contributed by atoms with Crippen LogP contribution in [0, 0.1) is 0 Å². The Labute approximate surface area is 173 Å². The summed E-state index contributed by atoms with van der Waals surface area (Å²) in [5.41, 5.74) is 1.63. The van der Waals surface area contributed by atoms with E-state index >= 15 is 0 Å². The zero-order chi connectivity index (χ0) is 21.5. The summed E-state index contributed by atoms with van der Waals surface area (Å²) in [6, 6.07) is 15.1. The van der Waals surface area contributed by atoms with Crippen LogP contribution in [-0.4, -0.2) is 44.0 Å². The SMILES string of the molecule is CC(=O)c1ccccc1NC(=O)[C@H](C)OC(=O)[C@H](Cc1ccccc1)n1cnnn1. The van der Waals surface area contributed by atoms with Crippen LogP contribution in [0.25, 0.3) is 0 Å². The Morgan fingerprint density at radius 2 is 1.77 bits per heavy atom. The fourth-order valence-electron chi connectivity index (χ4n) is 2.87. The van der Waals surface area contributed by atoms with Crippen LogP contribution in [0.4, 0.5) is 5.69 Å². The van der Waals surface area contributed by atoms with Crippen molar-refractivity contribution in [2.24, 2.45) is 0 Å². The minimum atomic E-state index is -1.09. The Morgan fingerprint density at radius 1 is 1.07 bits per heavy atom. The Hall–Kier alpha value is -3.88. The molecule has 30 heavy (non-hydrogen) atoms. The van der Waals surface area contributed by atoms with Crippen molar-refractivity contribution in [2.75, 3.05) is 5.32 Å². The zero-order valence-electron chi connectivity index (χ0n) is 16.6. The van der Waals surface area contributed by atoms with Crippen LogP contribution >= 0.6 is 0 Å². The van der Waals surface area contributed by atoms with Crippen LogP contribution in [0.5, 0.6) is 0 Å². The second-order valence-corrected chi connectivity index (χ2v) is 6.67. The number of benzene rings is 2. The van der Waals surface area contributed by atoms with E-state index in [-0.39, 0.29) is 5.78 Å². The molecule has 1 aromatic heterocycles. The van der Waals surface area contributed by atoms with Crippen molar-refractivity contribution in [1.29, 1.82) is 0 Å². The molecule has 0 aliphatic rings. The normalized spacial score (nSPS) is 12.6. The number of carbonyl (C=O) groups excluding carboxylic acids is 3. The molecule has 0 aliphatic carbocycles. The molecule has 9 heteroatoms. The first kappa shape index (κ1) is 20.8. The lowest BCUT2D eigenvalue weighted by molar-refractivity contribution is -0.156. The van der Waals surface area contributed by atoms with Gasteiger partial charge in [0.2, 0.25) is 0 Å². The van der Waals surface area contributed by atoms with Gasteiger partial charge in [0.05, 0.1) is 5.69 Å². The average Bonchev–Trinajstić information content (AvgIpc) is 3.27. The fourth-order valence-corrected chi connectivity index (χ4v) is 2.87. The number of nitrogens with one attached hydrogen (secondary N) is 1. The first-order valence-corrected chi connectivity index (χ1v) is 9.33. The van der Waals surface area contributed by atoms with Gasteiger partial charge in [0, 0.05) is 12.0 Å². The highest BCUT2D eigenvalue weighted by atomic mass is 16.5. The Kier molecular flexibility index (Phi) is 6.63. The molecule has 0 saturated heterocycles. The number of ether oxygens (including phenoxy) is 1. The number of para-hydroxylation sites is 1. The van der Waals surface area contributed by atoms with E-state index < -0.39 is 24.0 Å². The smallest absolute Gasteiger partial charge is 0.332 e. The fraction of sp³-hybridized carbons (Fsp3) is 0.238. The minimum Gasteiger partial charge on any atom is -0.451 e. The predicted octanol–water partition coefficient (Wildman–Crippen LogP) is 2.23. The molecule has 0 aliphatic heterocycles. The van der Waals surface area contributed by atoms with E-state index in [0.717, 1.165) is 5.56 Å². The van der Waals surface area contributed by atoms with Gasteiger partial charge in [-0.2, -0.15) is 0 Å². The maximum atomic E-state index is 12.8. The number of carbonyl (C=O) groups is 3. The second-order valence-electron chi connectivity index (χ2n) is 6.67. The standard InChI is InChI=1S/C21H21N5O4/c1-14(27)17-10-6-7-11-18(17)23-20(28)15(2)30-21(29)19(26-13-22-24-25-26)12-16-8-4-3-5-9-16/h3-11,13,15,19H,12H2,1-2H3,(H,23,28)/t15-,19-/m0/s1. The highest BCUT2D eigenvalue weighted by Crippen LogP contribution is 2.18. The number of Topliss-reactive ketones (excluding diaryl/α,β-unsaturated/α-hetero) is 1. The molecule has 9 nitrogen and oxygen atoms in total. The highest BCUT2D eigenvalue weighted by molar-refractivity contribution is 6.04. The lowest BCUT2D eigenvalue weighted by atomic mass is 10.1. The van der Waals surface area contributed by atoms with Gasteiger partial charge >= 0.3 is 5.97 Å². The summed E-state index contributed by atoms with van der Waals surface area (Å²) in [5.74, 6) is -1.38. The molecule has 0 fully saturated rings. The molecule has 1 amide bonds. The topological polar surface area (TPSA) is 116 Å². The monoisotopic (exact) mass is 407 g/mol. The van der Waals surface area contributed by atoms with E-state index in [2.05, 4.69) is 20.8 Å². The first-order valence-electron chi connectivity index (χ1n) is 9.33. The van der Waals surface area contributed by atoms with Gasteiger partial charge in [-0.3, -0.25) is 9.59 Å². The lowest BCUT2D eigenvalue weighted by Gasteiger charge is -2.19. The van der Waals surface area contributed by atoms with E-state index in [0.29, 0.717) is 17.7 Å². The molecule has 2 aromatic carbocycles. The molecule has 0 saturated carbocycles. The van der Waals surface area contributed by atoms with Crippen LogP contribution in [0.2, 0.25) is 0 Å². The molecule has 0 unspecified atom stereocenters. The van der Waals surface area contributed by atoms with Gasteiger partial charge in [-0.05, 0) is 42.0 Å². The molecule has 0 bridgehead atoms. The largest absolute Gasteiger partial charge is 0.451 e. The Morgan fingerprint density at radius 3 is 2.43 bits per heavy atom. The molecular formula is C21H21N5O4. The minimum absolute atomic E-state index is 0.183. The number of hydrogen-bond donors (Lipinski definition) is 1. The van der Waals surface area contributed by atoms with Gasteiger partial charge in [-0.25, -0.2) is 9.48 Å². The molecule has 2 atom stereocenters. The highest BCUT2D eigenvalue weighted by Gasteiger charge is 2.28. The number of ketones is 1. The van der Waals surface area contributed by atoms with Crippen LogP contribution in [-0.2, 0) is 20.7 Å². The third-order valence-corrected chi connectivity index (χ3v) is 4.45. The second kappa shape index (κ2) is 9.55. The molecule has 0 spiro atoms. The molecule has 3 aromatic rings. The van der Waals surface area contributed by atoms with Crippen molar-refractivity contribution in [3.8, 4) is 0 Å². The van der Waals surface area contributed by atoms with Crippen molar-refractivity contribution in [2.45, 2.75) is 32.4 Å². The summed E-state index contributed by atoms with van der Waals surface area (Å²) in [5, 5.41) is 13.6. The number of rotatable bonds is 8. The molecule has 1 heterocycles. The average molecular weight is 407 g/mol. The van der Waals surface area contributed by atoms with Gasteiger partial charge in [-0.15, -0.1) is 5.10 Å². The van der Waals surface area contributed by atoms with Gasteiger partial charge in [0.15, 0.2) is 17.9 Å².